The molecule has 1 unspecified atom stereocenters. The van der Waals surface area contributed by atoms with E-state index in [9.17, 15) is 22.8 Å². The molecule has 0 aromatic heterocycles. The van der Waals surface area contributed by atoms with Gasteiger partial charge in [-0.1, -0.05) is 24.3 Å². The number of carbonyl (C=O) groups is 2. The first kappa shape index (κ1) is 21.7. The summed E-state index contributed by atoms with van der Waals surface area (Å²) in [5.74, 6) is -0.274. The molecule has 160 valence electrons. The van der Waals surface area contributed by atoms with Crippen LogP contribution in [0.15, 0.2) is 54.6 Å². The second kappa shape index (κ2) is 9.65. The van der Waals surface area contributed by atoms with E-state index in [1.54, 1.807) is 17.0 Å². The lowest BCUT2D eigenvalue weighted by Gasteiger charge is -2.32. The SMILES string of the molecule is O=C(Nc1cccc(C(F)(F)F)c1)C1CCCN(C(=O)CCOc2ccccc2)C1. The number of anilines is 1. The molecule has 30 heavy (non-hydrogen) atoms. The fourth-order valence-electron chi connectivity index (χ4n) is 3.37. The van der Waals surface area contributed by atoms with Crippen molar-refractivity contribution in [3.63, 3.8) is 0 Å². The first-order valence-electron chi connectivity index (χ1n) is 9.76. The quantitative estimate of drug-likeness (QED) is 0.756. The minimum atomic E-state index is -4.48. The second-order valence-electron chi connectivity index (χ2n) is 7.16. The summed E-state index contributed by atoms with van der Waals surface area (Å²) in [5, 5.41) is 2.55. The number of rotatable bonds is 6. The maximum absolute atomic E-state index is 12.8. The molecule has 1 heterocycles. The van der Waals surface area contributed by atoms with Gasteiger partial charge in [0.2, 0.25) is 11.8 Å². The summed E-state index contributed by atoms with van der Waals surface area (Å²) in [7, 11) is 0. The summed E-state index contributed by atoms with van der Waals surface area (Å²) in [5.41, 5.74) is -0.728. The van der Waals surface area contributed by atoms with Crippen LogP contribution in [0.1, 0.15) is 24.8 Å². The van der Waals surface area contributed by atoms with Crippen molar-refractivity contribution in [3.05, 3.63) is 60.2 Å². The van der Waals surface area contributed by atoms with Crippen LogP contribution in [0.3, 0.4) is 0 Å². The van der Waals surface area contributed by atoms with Gasteiger partial charge < -0.3 is 15.0 Å². The van der Waals surface area contributed by atoms with Crippen LogP contribution in [-0.4, -0.2) is 36.4 Å². The normalized spacial score (nSPS) is 16.8. The number of ether oxygens (including phenoxy) is 1. The van der Waals surface area contributed by atoms with E-state index in [2.05, 4.69) is 5.32 Å². The number of alkyl halides is 3. The van der Waals surface area contributed by atoms with Crippen molar-refractivity contribution in [2.45, 2.75) is 25.4 Å². The Labute approximate surface area is 172 Å². The van der Waals surface area contributed by atoms with E-state index in [0.717, 1.165) is 12.1 Å². The monoisotopic (exact) mass is 420 g/mol. The Morgan fingerprint density at radius 3 is 2.60 bits per heavy atom. The number of halogens is 3. The van der Waals surface area contributed by atoms with Gasteiger partial charge in [0.05, 0.1) is 24.5 Å². The molecule has 8 heteroatoms. The van der Waals surface area contributed by atoms with E-state index in [1.165, 1.54) is 12.1 Å². The van der Waals surface area contributed by atoms with Gasteiger partial charge in [0.25, 0.3) is 0 Å². The fraction of sp³-hybridized carbons (Fsp3) is 0.364. The highest BCUT2D eigenvalue weighted by Crippen LogP contribution is 2.31. The third-order valence-corrected chi connectivity index (χ3v) is 4.93. The predicted molar refractivity (Wildman–Crippen MR) is 106 cm³/mol. The van der Waals surface area contributed by atoms with Crippen molar-refractivity contribution >= 4 is 17.5 Å². The van der Waals surface area contributed by atoms with Crippen molar-refractivity contribution in [2.75, 3.05) is 25.0 Å². The maximum atomic E-state index is 12.8. The lowest BCUT2D eigenvalue weighted by atomic mass is 9.96. The Bertz CT molecular complexity index is 871. The van der Waals surface area contributed by atoms with Gasteiger partial charge in [0.15, 0.2) is 0 Å². The van der Waals surface area contributed by atoms with Crippen LogP contribution in [0, 0.1) is 5.92 Å². The smallest absolute Gasteiger partial charge is 0.416 e. The van der Waals surface area contributed by atoms with Crippen LogP contribution in [0.25, 0.3) is 0 Å². The molecule has 0 aliphatic carbocycles. The minimum Gasteiger partial charge on any atom is -0.493 e. The largest absolute Gasteiger partial charge is 0.493 e. The Kier molecular flexibility index (Phi) is 6.97. The Balaban J connectivity index is 1.51. The molecular formula is C22H23F3N2O3. The van der Waals surface area contributed by atoms with Crippen molar-refractivity contribution in [1.29, 1.82) is 0 Å². The highest BCUT2D eigenvalue weighted by Gasteiger charge is 2.31. The van der Waals surface area contributed by atoms with Gasteiger partial charge in [-0.2, -0.15) is 13.2 Å². The lowest BCUT2D eigenvalue weighted by molar-refractivity contribution is -0.138. The number of piperidine rings is 1. The van der Waals surface area contributed by atoms with Gasteiger partial charge in [-0.25, -0.2) is 0 Å². The molecule has 1 saturated heterocycles. The zero-order valence-corrected chi connectivity index (χ0v) is 16.3. The van der Waals surface area contributed by atoms with Crippen LogP contribution in [0.2, 0.25) is 0 Å². The number of nitrogens with one attached hydrogen (secondary N) is 1. The number of hydrogen-bond donors (Lipinski definition) is 1. The van der Waals surface area contributed by atoms with Crippen molar-refractivity contribution < 1.29 is 27.5 Å². The summed E-state index contributed by atoms with van der Waals surface area (Å²) in [6.45, 7) is 1.03. The molecule has 2 aromatic rings. The zero-order valence-electron chi connectivity index (χ0n) is 16.3. The molecule has 0 radical (unpaired) electrons. The van der Waals surface area contributed by atoms with E-state index in [0.29, 0.717) is 25.1 Å². The molecule has 3 rings (SSSR count). The summed E-state index contributed by atoms with van der Waals surface area (Å²) in [6, 6.07) is 13.7. The molecule has 1 atom stereocenters. The highest BCUT2D eigenvalue weighted by molar-refractivity contribution is 5.93. The average Bonchev–Trinajstić information content (AvgIpc) is 2.74. The predicted octanol–water partition coefficient (Wildman–Crippen LogP) is 4.35. The van der Waals surface area contributed by atoms with E-state index in [-0.39, 0.29) is 37.1 Å². The third kappa shape index (κ3) is 5.98. The molecule has 2 amide bonds. The number of likely N-dealkylation sites (tertiary alicyclic amines) is 1. The molecule has 0 saturated carbocycles. The lowest BCUT2D eigenvalue weighted by Crippen LogP contribution is -2.44. The van der Waals surface area contributed by atoms with Crippen LogP contribution >= 0.6 is 0 Å². The number of benzene rings is 2. The van der Waals surface area contributed by atoms with Gasteiger partial charge in [0, 0.05) is 18.8 Å². The summed E-state index contributed by atoms with van der Waals surface area (Å²) in [6.07, 6.45) is -3.05. The van der Waals surface area contributed by atoms with Gasteiger partial charge in [-0.05, 0) is 43.2 Å². The Morgan fingerprint density at radius 1 is 1.10 bits per heavy atom. The average molecular weight is 420 g/mol. The molecule has 0 bridgehead atoms. The number of hydrogen-bond acceptors (Lipinski definition) is 3. The zero-order chi connectivity index (χ0) is 21.6. The fourth-order valence-corrected chi connectivity index (χ4v) is 3.37. The maximum Gasteiger partial charge on any atom is 0.416 e. The molecule has 1 fully saturated rings. The van der Waals surface area contributed by atoms with Crippen LogP contribution in [0.4, 0.5) is 18.9 Å². The molecule has 1 aliphatic rings. The van der Waals surface area contributed by atoms with E-state index in [1.807, 2.05) is 18.2 Å². The topological polar surface area (TPSA) is 58.6 Å². The van der Waals surface area contributed by atoms with Gasteiger partial charge in [-0.15, -0.1) is 0 Å². The molecular weight excluding hydrogens is 397 g/mol. The van der Waals surface area contributed by atoms with Gasteiger partial charge in [0.1, 0.15) is 5.75 Å². The van der Waals surface area contributed by atoms with Crippen LogP contribution in [-0.2, 0) is 15.8 Å². The molecule has 2 aromatic carbocycles. The van der Waals surface area contributed by atoms with Crippen LogP contribution < -0.4 is 10.1 Å². The first-order valence-corrected chi connectivity index (χ1v) is 9.76. The Morgan fingerprint density at radius 2 is 1.87 bits per heavy atom. The molecule has 5 nitrogen and oxygen atoms in total. The minimum absolute atomic E-state index is 0.0922. The summed E-state index contributed by atoms with van der Waals surface area (Å²) in [4.78, 5) is 26.6. The number of nitrogens with zero attached hydrogens (tertiary/aromatic N) is 1. The second-order valence-corrected chi connectivity index (χ2v) is 7.16. The molecule has 1 aliphatic heterocycles. The standard InChI is InChI=1S/C22H23F3N2O3/c23-22(24,25)17-7-4-8-18(14-17)26-21(29)16-6-5-12-27(15-16)20(28)11-13-30-19-9-2-1-3-10-19/h1-4,7-10,14,16H,5-6,11-13,15H2,(H,26,29). The molecule has 0 spiro atoms. The van der Waals surface area contributed by atoms with Crippen molar-refractivity contribution in [1.82, 2.24) is 4.90 Å². The summed E-state index contributed by atoms with van der Waals surface area (Å²) >= 11 is 0. The van der Waals surface area contributed by atoms with Gasteiger partial charge >= 0.3 is 6.18 Å². The highest BCUT2D eigenvalue weighted by atomic mass is 19.4. The third-order valence-electron chi connectivity index (χ3n) is 4.93. The van der Waals surface area contributed by atoms with Crippen molar-refractivity contribution in [2.24, 2.45) is 5.92 Å². The van der Waals surface area contributed by atoms with Gasteiger partial charge in [-0.3, -0.25) is 9.59 Å². The van der Waals surface area contributed by atoms with E-state index in [4.69, 9.17) is 4.74 Å². The Hall–Kier alpha value is -3.03. The number of amides is 2. The number of carbonyl (C=O) groups excluding carboxylic acids is 2. The van der Waals surface area contributed by atoms with Crippen LogP contribution in [0.5, 0.6) is 5.75 Å². The van der Waals surface area contributed by atoms with E-state index >= 15 is 0 Å². The first-order chi connectivity index (χ1) is 14.3. The molecule has 1 N–H and O–H groups in total. The number of para-hydroxylation sites is 1. The van der Waals surface area contributed by atoms with E-state index < -0.39 is 17.7 Å². The van der Waals surface area contributed by atoms with Crippen molar-refractivity contribution in [3.8, 4) is 5.75 Å². The summed E-state index contributed by atoms with van der Waals surface area (Å²) < 4.78 is 44.1.